The van der Waals surface area contributed by atoms with Gasteiger partial charge in [-0.05, 0) is 90.7 Å². The topological polar surface area (TPSA) is 59.1 Å². The fraction of sp³-hybridized carbons (Fsp3) is 0.625. The number of allylic oxidation sites excluding steroid dienone is 3. The summed E-state index contributed by atoms with van der Waals surface area (Å²) in [6, 6.07) is 2.10. The van der Waals surface area contributed by atoms with E-state index in [1.165, 1.54) is 36.8 Å². The van der Waals surface area contributed by atoms with E-state index in [9.17, 15) is 5.11 Å². The van der Waals surface area contributed by atoms with Gasteiger partial charge in [0, 0.05) is 12.4 Å². The van der Waals surface area contributed by atoms with Crippen LogP contribution in [0.3, 0.4) is 0 Å². The molecule has 27 heavy (non-hydrogen) atoms. The maximum Gasteiger partial charge on any atom is 0.0577 e. The Labute approximate surface area is 162 Å². The first-order valence-corrected chi connectivity index (χ1v) is 10.7. The zero-order valence-corrected chi connectivity index (χ0v) is 16.6. The van der Waals surface area contributed by atoms with Crippen LogP contribution in [0.2, 0.25) is 0 Å². The molecule has 0 saturated heterocycles. The highest BCUT2D eigenvalue weighted by Crippen LogP contribution is 2.66. The number of aromatic nitrogens is 1. The molecule has 3 N–H and O–H groups in total. The van der Waals surface area contributed by atoms with Gasteiger partial charge in [0.1, 0.15) is 0 Å². The molecular formula is C24H32N2O. The van der Waals surface area contributed by atoms with Gasteiger partial charge < -0.3 is 10.8 Å². The predicted molar refractivity (Wildman–Crippen MR) is 110 cm³/mol. The molecule has 6 atom stereocenters. The van der Waals surface area contributed by atoms with Crippen molar-refractivity contribution in [2.24, 2.45) is 28.6 Å². The summed E-state index contributed by atoms with van der Waals surface area (Å²) in [6.07, 6.45) is 16.6. The van der Waals surface area contributed by atoms with E-state index in [0.717, 1.165) is 36.8 Å². The van der Waals surface area contributed by atoms with Crippen molar-refractivity contribution >= 4 is 11.3 Å². The number of nitrogens with two attached hydrogens (primary N) is 1. The smallest absolute Gasteiger partial charge is 0.0577 e. The fourth-order valence-electron chi connectivity index (χ4n) is 7.26. The van der Waals surface area contributed by atoms with Crippen LogP contribution in [0.25, 0.3) is 5.57 Å². The number of aliphatic hydroxyl groups excluding tert-OH is 1. The fourth-order valence-corrected chi connectivity index (χ4v) is 7.26. The number of rotatable bonds is 1. The molecule has 3 nitrogen and oxygen atoms in total. The number of nitrogens with zero attached hydrogens (tertiary/aromatic N) is 1. The van der Waals surface area contributed by atoms with Crippen LogP contribution in [0.1, 0.15) is 64.4 Å². The van der Waals surface area contributed by atoms with E-state index in [1.54, 1.807) is 11.8 Å². The number of nitrogen functional groups attached to an aromatic ring is 1. The zero-order valence-electron chi connectivity index (χ0n) is 16.6. The van der Waals surface area contributed by atoms with E-state index < -0.39 is 0 Å². The highest BCUT2D eigenvalue weighted by molar-refractivity contribution is 5.74. The number of hydrogen-bond acceptors (Lipinski definition) is 3. The lowest BCUT2D eigenvalue weighted by Gasteiger charge is -2.57. The number of aliphatic hydroxyl groups is 1. The average molecular weight is 365 g/mol. The molecule has 1 aromatic rings. The van der Waals surface area contributed by atoms with Gasteiger partial charge >= 0.3 is 0 Å². The maximum absolute atomic E-state index is 10.2. The maximum atomic E-state index is 10.2. The standard InChI is InChI=1S/C24H32N2O/c1-23-9-7-18(27)12-16(23)3-4-19-21-6-5-20(15-11-17(25)14-26-13-15)24(21,2)10-8-22(19)23/h3,5,11,13-14,18-19,21-22,27H,4,6-10,12,25H2,1-2H3. The molecule has 3 heteroatoms. The number of pyridine rings is 1. The third-order valence-electron chi connectivity index (χ3n) is 8.73. The first-order chi connectivity index (χ1) is 12.9. The Morgan fingerprint density at radius 3 is 2.67 bits per heavy atom. The van der Waals surface area contributed by atoms with Crippen molar-refractivity contribution in [3.8, 4) is 0 Å². The van der Waals surface area contributed by atoms with Crippen LogP contribution < -0.4 is 5.73 Å². The molecule has 1 heterocycles. The summed E-state index contributed by atoms with van der Waals surface area (Å²) in [7, 11) is 0. The Balaban J connectivity index is 1.48. The van der Waals surface area contributed by atoms with Crippen LogP contribution in [0.15, 0.2) is 36.2 Å². The second-order valence-corrected chi connectivity index (χ2v) is 9.97. The van der Waals surface area contributed by atoms with E-state index in [2.05, 4.69) is 37.0 Å². The Bertz CT molecular complexity index is 827. The molecule has 144 valence electrons. The molecule has 0 amide bonds. The third kappa shape index (κ3) is 2.47. The van der Waals surface area contributed by atoms with Gasteiger partial charge in [0.15, 0.2) is 0 Å². The van der Waals surface area contributed by atoms with Crippen LogP contribution in [0, 0.1) is 28.6 Å². The molecular weight excluding hydrogens is 332 g/mol. The average Bonchev–Trinajstić information content (AvgIpc) is 2.99. The summed E-state index contributed by atoms with van der Waals surface area (Å²) < 4.78 is 0. The second kappa shape index (κ2) is 5.94. The van der Waals surface area contributed by atoms with Gasteiger partial charge in [-0.25, -0.2) is 0 Å². The predicted octanol–water partition coefficient (Wildman–Crippen LogP) is 4.98. The summed E-state index contributed by atoms with van der Waals surface area (Å²) in [6.45, 7) is 4.98. The minimum Gasteiger partial charge on any atom is -0.397 e. The minimum absolute atomic E-state index is 0.120. The van der Waals surface area contributed by atoms with E-state index >= 15 is 0 Å². The molecule has 4 aliphatic rings. The van der Waals surface area contributed by atoms with Gasteiger partial charge in [-0.15, -0.1) is 0 Å². The summed E-state index contributed by atoms with van der Waals surface area (Å²) in [4.78, 5) is 4.35. The molecule has 0 bridgehead atoms. The molecule has 6 unspecified atom stereocenters. The van der Waals surface area contributed by atoms with E-state index in [1.807, 2.05) is 6.20 Å². The van der Waals surface area contributed by atoms with E-state index in [-0.39, 0.29) is 11.5 Å². The van der Waals surface area contributed by atoms with Crippen molar-refractivity contribution in [1.29, 1.82) is 0 Å². The van der Waals surface area contributed by atoms with Crippen molar-refractivity contribution in [2.75, 3.05) is 5.73 Å². The lowest BCUT2D eigenvalue weighted by Crippen LogP contribution is -2.49. The van der Waals surface area contributed by atoms with Crippen molar-refractivity contribution in [3.05, 3.63) is 41.7 Å². The van der Waals surface area contributed by atoms with Gasteiger partial charge in [-0.1, -0.05) is 31.6 Å². The molecule has 4 aliphatic carbocycles. The monoisotopic (exact) mass is 364 g/mol. The second-order valence-electron chi connectivity index (χ2n) is 9.97. The van der Waals surface area contributed by atoms with Crippen LogP contribution >= 0.6 is 0 Å². The Kier molecular flexibility index (Phi) is 3.85. The number of fused-ring (bicyclic) bond motifs is 5. The SMILES string of the molecule is CC12CCC(O)CC1=CCC1C2CCC2(C)C(c3cncc(N)c3)=CCC12. The molecule has 0 aliphatic heterocycles. The van der Waals surface area contributed by atoms with Crippen molar-refractivity contribution in [1.82, 2.24) is 4.98 Å². The zero-order chi connectivity index (χ0) is 18.8. The number of hydrogen-bond donors (Lipinski definition) is 2. The van der Waals surface area contributed by atoms with Crippen molar-refractivity contribution in [2.45, 2.75) is 64.9 Å². The lowest BCUT2D eigenvalue weighted by molar-refractivity contribution is -0.0238. The van der Waals surface area contributed by atoms with Crippen LogP contribution in [-0.2, 0) is 0 Å². The number of anilines is 1. The summed E-state index contributed by atoms with van der Waals surface area (Å²) >= 11 is 0. The molecule has 2 fully saturated rings. The largest absolute Gasteiger partial charge is 0.397 e. The third-order valence-corrected chi connectivity index (χ3v) is 8.73. The molecule has 0 radical (unpaired) electrons. The molecule has 0 spiro atoms. The Morgan fingerprint density at radius 2 is 1.85 bits per heavy atom. The normalized spacial score (nSPS) is 43.2. The van der Waals surface area contributed by atoms with Gasteiger partial charge in [0.05, 0.1) is 11.8 Å². The van der Waals surface area contributed by atoms with E-state index in [4.69, 9.17) is 5.73 Å². The van der Waals surface area contributed by atoms with Crippen LogP contribution in [0.4, 0.5) is 5.69 Å². The van der Waals surface area contributed by atoms with Crippen LogP contribution in [-0.4, -0.2) is 16.2 Å². The summed E-state index contributed by atoms with van der Waals surface area (Å²) in [5.41, 5.74) is 11.6. The first kappa shape index (κ1) is 17.5. The van der Waals surface area contributed by atoms with Gasteiger partial charge in [-0.2, -0.15) is 0 Å². The minimum atomic E-state index is -0.120. The molecule has 0 aromatic carbocycles. The quantitative estimate of drug-likeness (QED) is 0.691. The Hall–Kier alpha value is -1.61. The van der Waals surface area contributed by atoms with Crippen LogP contribution in [0.5, 0.6) is 0 Å². The molecule has 5 rings (SSSR count). The highest BCUT2D eigenvalue weighted by Gasteiger charge is 2.56. The molecule has 2 saturated carbocycles. The van der Waals surface area contributed by atoms with Gasteiger partial charge in [0.2, 0.25) is 0 Å². The van der Waals surface area contributed by atoms with E-state index in [0.29, 0.717) is 11.3 Å². The summed E-state index contributed by atoms with van der Waals surface area (Å²) in [5, 5.41) is 10.2. The summed E-state index contributed by atoms with van der Waals surface area (Å²) in [5.74, 6) is 2.25. The van der Waals surface area contributed by atoms with Gasteiger partial charge in [0.25, 0.3) is 0 Å². The lowest BCUT2D eigenvalue weighted by atomic mass is 9.47. The van der Waals surface area contributed by atoms with Crippen molar-refractivity contribution < 1.29 is 5.11 Å². The highest BCUT2D eigenvalue weighted by atomic mass is 16.3. The van der Waals surface area contributed by atoms with Gasteiger partial charge in [-0.3, -0.25) is 4.98 Å². The molecule has 1 aromatic heterocycles. The Morgan fingerprint density at radius 1 is 1.04 bits per heavy atom. The first-order valence-electron chi connectivity index (χ1n) is 10.7. The van der Waals surface area contributed by atoms with Crippen molar-refractivity contribution in [3.63, 3.8) is 0 Å².